The minimum absolute atomic E-state index is 0.643. The van der Waals surface area contributed by atoms with Crippen LogP contribution in [0.1, 0.15) is 18.9 Å². The highest BCUT2D eigenvalue weighted by Gasteiger charge is 2.03. The molecule has 0 aliphatic rings. The largest absolute Gasteiger partial charge is 0.317 e. The van der Waals surface area contributed by atoms with Crippen LogP contribution in [0.2, 0.25) is 0 Å². The van der Waals surface area contributed by atoms with E-state index in [4.69, 9.17) is 0 Å². The summed E-state index contributed by atoms with van der Waals surface area (Å²) in [7, 11) is 2.03. The Morgan fingerprint density at radius 1 is 1.64 bits per heavy atom. The maximum absolute atomic E-state index is 3.29. The zero-order chi connectivity index (χ0) is 8.10. The van der Waals surface area contributed by atoms with Gasteiger partial charge in [-0.05, 0) is 42.3 Å². The van der Waals surface area contributed by atoms with E-state index in [-0.39, 0.29) is 0 Å². The van der Waals surface area contributed by atoms with E-state index in [2.05, 4.69) is 29.1 Å². The van der Waals surface area contributed by atoms with Gasteiger partial charge in [0.05, 0.1) is 0 Å². The van der Waals surface area contributed by atoms with Gasteiger partial charge in [-0.2, -0.15) is 11.3 Å². The SMILES string of the molecule is CCC(Cc1ccsc1)NC. The first-order valence-corrected chi connectivity index (χ1v) is 4.99. The lowest BCUT2D eigenvalue weighted by Gasteiger charge is -2.11. The Labute approximate surface area is 72.4 Å². The van der Waals surface area contributed by atoms with Crippen LogP contribution < -0.4 is 5.32 Å². The van der Waals surface area contributed by atoms with Crippen LogP contribution in [-0.4, -0.2) is 13.1 Å². The summed E-state index contributed by atoms with van der Waals surface area (Å²) in [6.07, 6.45) is 2.36. The highest BCUT2D eigenvalue weighted by atomic mass is 32.1. The molecule has 1 atom stereocenters. The summed E-state index contributed by atoms with van der Waals surface area (Å²) in [5.41, 5.74) is 1.45. The minimum atomic E-state index is 0.643. The Kier molecular flexibility index (Phi) is 3.60. The molecule has 0 aliphatic carbocycles. The molecule has 1 heterocycles. The van der Waals surface area contributed by atoms with Crippen LogP contribution in [0.4, 0.5) is 0 Å². The lowest BCUT2D eigenvalue weighted by atomic mass is 10.1. The van der Waals surface area contributed by atoms with Crippen LogP contribution in [0.3, 0.4) is 0 Å². The lowest BCUT2D eigenvalue weighted by molar-refractivity contribution is 0.544. The van der Waals surface area contributed by atoms with Crippen LogP contribution in [0.25, 0.3) is 0 Å². The smallest absolute Gasteiger partial charge is 0.0102 e. The molecule has 1 aromatic heterocycles. The van der Waals surface area contributed by atoms with Crippen molar-refractivity contribution < 1.29 is 0 Å². The van der Waals surface area contributed by atoms with Crippen molar-refractivity contribution in [1.82, 2.24) is 5.32 Å². The van der Waals surface area contributed by atoms with Gasteiger partial charge < -0.3 is 5.32 Å². The van der Waals surface area contributed by atoms with E-state index >= 15 is 0 Å². The van der Waals surface area contributed by atoms with E-state index in [1.807, 2.05) is 7.05 Å². The predicted octanol–water partition coefficient (Wildman–Crippen LogP) is 2.29. The molecule has 0 saturated heterocycles. The lowest BCUT2D eigenvalue weighted by Crippen LogP contribution is -2.26. The number of hydrogen-bond donors (Lipinski definition) is 1. The van der Waals surface area contributed by atoms with E-state index < -0.39 is 0 Å². The number of thiophene rings is 1. The number of likely N-dealkylation sites (N-methyl/N-ethyl adjacent to an activating group) is 1. The standard InChI is InChI=1S/C9H15NS/c1-3-9(10-2)6-8-4-5-11-7-8/h4-5,7,9-10H,3,6H2,1-2H3. The molecule has 0 radical (unpaired) electrons. The third-order valence-corrected chi connectivity index (χ3v) is 2.70. The summed E-state index contributed by atoms with van der Waals surface area (Å²) in [5, 5.41) is 7.65. The molecule has 0 spiro atoms. The van der Waals surface area contributed by atoms with Gasteiger partial charge in [0.25, 0.3) is 0 Å². The number of nitrogens with one attached hydrogen (secondary N) is 1. The Morgan fingerprint density at radius 2 is 2.45 bits per heavy atom. The first-order valence-electron chi connectivity index (χ1n) is 4.05. The second-order valence-electron chi connectivity index (χ2n) is 2.73. The summed E-state index contributed by atoms with van der Waals surface area (Å²) < 4.78 is 0. The highest BCUT2D eigenvalue weighted by molar-refractivity contribution is 7.07. The van der Waals surface area contributed by atoms with Gasteiger partial charge >= 0.3 is 0 Å². The van der Waals surface area contributed by atoms with Crippen molar-refractivity contribution >= 4 is 11.3 Å². The summed E-state index contributed by atoms with van der Waals surface area (Å²) in [6.45, 7) is 2.22. The molecule has 11 heavy (non-hydrogen) atoms. The van der Waals surface area contributed by atoms with Crippen LogP contribution in [-0.2, 0) is 6.42 Å². The fourth-order valence-electron chi connectivity index (χ4n) is 1.14. The molecule has 1 unspecified atom stereocenters. The molecule has 0 saturated carbocycles. The maximum Gasteiger partial charge on any atom is 0.0102 e. The fourth-order valence-corrected chi connectivity index (χ4v) is 1.83. The van der Waals surface area contributed by atoms with E-state index in [1.54, 1.807) is 11.3 Å². The van der Waals surface area contributed by atoms with Crippen LogP contribution in [0.15, 0.2) is 16.8 Å². The topological polar surface area (TPSA) is 12.0 Å². The van der Waals surface area contributed by atoms with Crippen molar-refractivity contribution in [2.45, 2.75) is 25.8 Å². The first-order chi connectivity index (χ1) is 5.36. The quantitative estimate of drug-likeness (QED) is 0.729. The molecule has 0 aliphatic heterocycles. The van der Waals surface area contributed by atoms with Gasteiger partial charge in [-0.3, -0.25) is 0 Å². The van der Waals surface area contributed by atoms with Crippen molar-refractivity contribution in [2.75, 3.05) is 7.05 Å². The Hall–Kier alpha value is -0.340. The average Bonchev–Trinajstić information content (AvgIpc) is 2.52. The van der Waals surface area contributed by atoms with Crippen LogP contribution >= 0.6 is 11.3 Å². The van der Waals surface area contributed by atoms with Gasteiger partial charge in [0.1, 0.15) is 0 Å². The monoisotopic (exact) mass is 169 g/mol. The van der Waals surface area contributed by atoms with E-state index in [1.165, 1.54) is 12.0 Å². The van der Waals surface area contributed by atoms with Crippen LogP contribution in [0, 0.1) is 0 Å². The van der Waals surface area contributed by atoms with Crippen molar-refractivity contribution in [3.63, 3.8) is 0 Å². The van der Waals surface area contributed by atoms with Crippen molar-refractivity contribution in [1.29, 1.82) is 0 Å². The summed E-state index contributed by atoms with van der Waals surface area (Å²) in [5.74, 6) is 0. The van der Waals surface area contributed by atoms with E-state index in [0.29, 0.717) is 6.04 Å². The van der Waals surface area contributed by atoms with E-state index in [9.17, 15) is 0 Å². The molecule has 0 aromatic carbocycles. The molecule has 0 bridgehead atoms. The predicted molar refractivity (Wildman–Crippen MR) is 51.2 cm³/mol. The minimum Gasteiger partial charge on any atom is -0.317 e. The maximum atomic E-state index is 3.29. The van der Waals surface area contributed by atoms with Gasteiger partial charge in [-0.15, -0.1) is 0 Å². The normalized spacial score (nSPS) is 13.3. The Bertz CT molecular complexity index is 177. The molecule has 1 rings (SSSR count). The molecule has 1 aromatic rings. The number of hydrogen-bond acceptors (Lipinski definition) is 2. The highest BCUT2D eigenvalue weighted by Crippen LogP contribution is 2.09. The van der Waals surface area contributed by atoms with Gasteiger partial charge in [-0.1, -0.05) is 6.92 Å². The molecule has 0 amide bonds. The summed E-state index contributed by atoms with van der Waals surface area (Å²) in [4.78, 5) is 0. The molecular weight excluding hydrogens is 154 g/mol. The molecule has 0 fully saturated rings. The Balaban J connectivity index is 2.41. The molecule has 62 valence electrons. The van der Waals surface area contributed by atoms with E-state index in [0.717, 1.165) is 6.42 Å². The molecule has 2 heteroatoms. The van der Waals surface area contributed by atoms with Gasteiger partial charge in [0.2, 0.25) is 0 Å². The zero-order valence-electron chi connectivity index (χ0n) is 7.13. The zero-order valence-corrected chi connectivity index (χ0v) is 7.95. The summed E-state index contributed by atoms with van der Waals surface area (Å²) in [6, 6.07) is 2.84. The second-order valence-corrected chi connectivity index (χ2v) is 3.51. The van der Waals surface area contributed by atoms with Crippen LogP contribution in [0.5, 0.6) is 0 Å². The van der Waals surface area contributed by atoms with Gasteiger partial charge in [-0.25, -0.2) is 0 Å². The molecule has 1 nitrogen and oxygen atoms in total. The third-order valence-electron chi connectivity index (χ3n) is 1.96. The van der Waals surface area contributed by atoms with Crippen molar-refractivity contribution in [3.05, 3.63) is 22.4 Å². The number of rotatable bonds is 4. The Morgan fingerprint density at radius 3 is 2.91 bits per heavy atom. The van der Waals surface area contributed by atoms with Crippen molar-refractivity contribution in [2.24, 2.45) is 0 Å². The molecular formula is C9H15NS. The average molecular weight is 169 g/mol. The second kappa shape index (κ2) is 4.52. The fraction of sp³-hybridized carbons (Fsp3) is 0.556. The first kappa shape index (κ1) is 8.75. The van der Waals surface area contributed by atoms with Crippen molar-refractivity contribution in [3.8, 4) is 0 Å². The third kappa shape index (κ3) is 2.64. The molecule has 1 N–H and O–H groups in total. The van der Waals surface area contributed by atoms with Gasteiger partial charge in [0, 0.05) is 6.04 Å². The van der Waals surface area contributed by atoms with Gasteiger partial charge in [0.15, 0.2) is 0 Å². The summed E-state index contributed by atoms with van der Waals surface area (Å²) >= 11 is 1.77.